The van der Waals surface area contributed by atoms with Gasteiger partial charge in [0.15, 0.2) is 0 Å². The van der Waals surface area contributed by atoms with Gasteiger partial charge in [-0.1, -0.05) is 0 Å². The SMILES string of the molecule is CC(O)CN(CC(C)O)C(=O)N(CC(C)O)CC(C)O. The molecule has 4 unspecified atom stereocenters. The summed E-state index contributed by atoms with van der Waals surface area (Å²) in [6, 6.07) is -0.423. The maximum Gasteiger partial charge on any atom is 0.320 e. The second-order valence-electron chi connectivity index (χ2n) is 5.49. The molecular formula is C13H28N2O5. The van der Waals surface area contributed by atoms with Gasteiger partial charge in [-0.25, -0.2) is 4.79 Å². The quantitative estimate of drug-likeness (QED) is 0.470. The van der Waals surface area contributed by atoms with E-state index in [0.717, 1.165) is 0 Å². The molecule has 4 atom stereocenters. The number of nitrogens with zero attached hydrogens (tertiary/aromatic N) is 2. The molecular weight excluding hydrogens is 264 g/mol. The summed E-state index contributed by atoms with van der Waals surface area (Å²) >= 11 is 0. The van der Waals surface area contributed by atoms with Crippen molar-refractivity contribution in [1.82, 2.24) is 9.80 Å². The van der Waals surface area contributed by atoms with Gasteiger partial charge in [-0.3, -0.25) is 0 Å². The largest absolute Gasteiger partial charge is 0.392 e. The molecule has 0 saturated carbocycles. The van der Waals surface area contributed by atoms with E-state index in [1.54, 1.807) is 27.7 Å². The van der Waals surface area contributed by atoms with Crippen molar-refractivity contribution < 1.29 is 25.2 Å². The van der Waals surface area contributed by atoms with E-state index in [2.05, 4.69) is 0 Å². The van der Waals surface area contributed by atoms with Crippen LogP contribution in [0.4, 0.5) is 4.79 Å². The Bertz CT molecular complexity index is 236. The second-order valence-corrected chi connectivity index (χ2v) is 5.49. The van der Waals surface area contributed by atoms with Gasteiger partial charge in [0.05, 0.1) is 24.4 Å². The number of aliphatic hydroxyl groups is 4. The summed E-state index contributed by atoms with van der Waals surface area (Å²) in [7, 11) is 0. The zero-order chi connectivity index (χ0) is 15.9. The average Bonchev–Trinajstić information content (AvgIpc) is 2.23. The van der Waals surface area contributed by atoms with E-state index in [-0.39, 0.29) is 26.2 Å². The molecule has 0 rings (SSSR count). The average molecular weight is 292 g/mol. The highest BCUT2D eigenvalue weighted by molar-refractivity contribution is 5.74. The minimum absolute atomic E-state index is 0.0832. The van der Waals surface area contributed by atoms with Crippen LogP contribution in [0.15, 0.2) is 0 Å². The van der Waals surface area contributed by atoms with Gasteiger partial charge < -0.3 is 30.2 Å². The highest BCUT2D eigenvalue weighted by atomic mass is 16.3. The van der Waals surface area contributed by atoms with E-state index in [1.165, 1.54) is 9.80 Å². The summed E-state index contributed by atoms with van der Waals surface area (Å²) in [5.41, 5.74) is 0. The van der Waals surface area contributed by atoms with E-state index in [9.17, 15) is 25.2 Å². The lowest BCUT2D eigenvalue weighted by molar-refractivity contribution is 0.0566. The molecule has 7 nitrogen and oxygen atoms in total. The molecule has 20 heavy (non-hydrogen) atoms. The Balaban J connectivity index is 4.91. The van der Waals surface area contributed by atoms with Gasteiger partial charge in [-0.05, 0) is 27.7 Å². The van der Waals surface area contributed by atoms with Crippen molar-refractivity contribution in [3.8, 4) is 0 Å². The number of hydrogen-bond acceptors (Lipinski definition) is 5. The van der Waals surface area contributed by atoms with Crippen molar-refractivity contribution in [1.29, 1.82) is 0 Å². The monoisotopic (exact) mass is 292 g/mol. The molecule has 0 aromatic carbocycles. The summed E-state index contributed by atoms with van der Waals surface area (Å²) in [5, 5.41) is 37.7. The summed E-state index contributed by atoms with van der Waals surface area (Å²) in [6.07, 6.45) is -2.90. The van der Waals surface area contributed by atoms with Crippen LogP contribution in [0.5, 0.6) is 0 Å². The van der Waals surface area contributed by atoms with Gasteiger partial charge in [0, 0.05) is 26.2 Å². The van der Waals surface area contributed by atoms with Gasteiger partial charge in [0.2, 0.25) is 0 Å². The smallest absolute Gasteiger partial charge is 0.320 e. The molecule has 4 N–H and O–H groups in total. The first-order valence-corrected chi connectivity index (χ1v) is 6.89. The van der Waals surface area contributed by atoms with Crippen LogP contribution in [-0.4, -0.2) is 86.9 Å². The van der Waals surface area contributed by atoms with E-state index in [4.69, 9.17) is 0 Å². The van der Waals surface area contributed by atoms with Gasteiger partial charge >= 0.3 is 6.03 Å². The number of carbonyl (C=O) groups is 1. The molecule has 0 fully saturated rings. The van der Waals surface area contributed by atoms with Crippen LogP contribution < -0.4 is 0 Å². The molecule has 0 bridgehead atoms. The highest BCUT2D eigenvalue weighted by Gasteiger charge is 2.25. The first-order chi connectivity index (χ1) is 9.13. The van der Waals surface area contributed by atoms with Crippen LogP contribution in [0.25, 0.3) is 0 Å². The van der Waals surface area contributed by atoms with Crippen LogP contribution in [0.2, 0.25) is 0 Å². The summed E-state index contributed by atoms with van der Waals surface area (Å²) < 4.78 is 0. The van der Waals surface area contributed by atoms with Crippen molar-refractivity contribution in [2.45, 2.75) is 52.1 Å². The van der Waals surface area contributed by atoms with Crippen molar-refractivity contribution >= 4 is 6.03 Å². The molecule has 0 spiro atoms. The van der Waals surface area contributed by atoms with Gasteiger partial charge in [-0.2, -0.15) is 0 Å². The van der Waals surface area contributed by atoms with Gasteiger partial charge in [0.1, 0.15) is 0 Å². The van der Waals surface area contributed by atoms with Crippen LogP contribution >= 0.6 is 0 Å². The first kappa shape index (κ1) is 19.1. The fraction of sp³-hybridized carbons (Fsp3) is 0.923. The summed E-state index contributed by atoms with van der Waals surface area (Å²) in [4.78, 5) is 15.0. The van der Waals surface area contributed by atoms with Crippen LogP contribution in [0.3, 0.4) is 0 Å². The van der Waals surface area contributed by atoms with Crippen LogP contribution in [0.1, 0.15) is 27.7 Å². The number of rotatable bonds is 8. The Kier molecular flexibility index (Phi) is 8.71. The Morgan fingerprint density at radius 1 is 0.700 bits per heavy atom. The zero-order valence-corrected chi connectivity index (χ0v) is 12.7. The topological polar surface area (TPSA) is 104 Å². The van der Waals surface area contributed by atoms with Crippen molar-refractivity contribution in [2.75, 3.05) is 26.2 Å². The fourth-order valence-corrected chi connectivity index (χ4v) is 1.94. The zero-order valence-electron chi connectivity index (χ0n) is 12.7. The molecule has 7 heteroatoms. The lowest BCUT2D eigenvalue weighted by atomic mass is 10.3. The molecule has 2 amide bonds. The number of urea groups is 1. The predicted molar refractivity (Wildman–Crippen MR) is 75.3 cm³/mol. The normalized spacial score (nSPS) is 17.2. The maximum atomic E-state index is 12.4. The minimum Gasteiger partial charge on any atom is -0.392 e. The molecule has 0 radical (unpaired) electrons. The van der Waals surface area contributed by atoms with Crippen molar-refractivity contribution in [3.63, 3.8) is 0 Å². The lowest BCUT2D eigenvalue weighted by Gasteiger charge is -2.33. The van der Waals surface area contributed by atoms with E-state index >= 15 is 0 Å². The summed E-state index contributed by atoms with van der Waals surface area (Å²) in [5.74, 6) is 0. The van der Waals surface area contributed by atoms with E-state index in [0.29, 0.717) is 0 Å². The molecule has 0 aliphatic heterocycles. The standard InChI is InChI=1S/C13H28N2O5/c1-9(16)5-14(6-10(2)17)13(20)15(7-11(3)18)8-12(4)19/h9-12,16-19H,5-8H2,1-4H3. The number of aliphatic hydroxyl groups excluding tert-OH is 4. The maximum absolute atomic E-state index is 12.4. The predicted octanol–water partition coefficient (Wildman–Crippen LogP) is -0.766. The molecule has 0 aliphatic carbocycles. The molecule has 0 aromatic rings. The fourth-order valence-electron chi connectivity index (χ4n) is 1.94. The number of amides is 2. The lowest BCUT2D eigenvalue weighted by Crippen LogP contribution is -2.51. The third-order valence-electron chi connectivity index (χ3n) is 2.48. The Morgan fingerprint density at radius 2 is 0.900 bits per heavy atom. The van der Waals surface area contributed by atoms with Crippen LogP contribution in [-0.2, 0) is 0 Å². The Labute approximate surface area is 120 Å². The minimum atomic E-state index is -0.724. The molecule has 120 valence electrons. The molecule has 0 heterocycles. The summed E-state index contributed by atoms with van der Waals surface area (Å²) in [6.45, 7) is 6.54. The third-order valence-corrected chi connectivity index (χ3v) is 2.48. The third kappa shape index (κ3) is 8.31. The first-order valence-electron chi connectivity index (χ1n) is 6.89. The van der Waals surface area contributed by atoms with Gasteiger partial charge in [0.25, 0.3) is 0 Å². The van der Waals surface area contributed by atoms with Gasteiger partial charge in [-0.15, -0.1) is 0 Å². The second kappa shape index (κ2) is 9.12. The van der Waals surface area contributed by atoms with E-state index < -0.39 is 30.4 Å². The molecule has 0 aliphatic rings. The molecule has 0 aromatic heterocycles. The Morgan fingerprint density at radius 3 is 1.05 bits per heavy atom. The number of hydrogen-bond donors (Lipinski definition) is 4. The highest BCUT2D eigenvalue weighted by Crippen LogP contribution is 2.05. The molecule has 0 saturated heterocycles. The number of carbonyl (C=O) groups excluding carboxylic acids is 1. The Hall–Kier alpha value is -0.890. The van der Waals surface area contributed by atoms with Crippen LogP contribution in [0, 0.1) is 0 Å². The van der Waals surface area contributed by atoms with E-state index in [1.807, 2.05) is 0 Å². The van der Waals surface area contributed by atoms with Crippen molar-refractivity contribution in [2.24, 2.45) is 0 Å². The van der Waals surface area contributed by atoms with Crippen molar-refractivity contribution in [3.05, 3.63) is 0 Å².